The fraction of sp³-hybridized carbons (Fsp3) is 0.800. The van der Waals surface area contributed by atoms with Gasteiger partial charge in [-0.05, 0) is 38.0 Å². The summed E-state index contributed by atoms with van der Waals surface area (Å²) in [5, 5.41) is 2.48. The maximum absolute atomic E-state index is 11.6. The fourth-order valence-electron chi connectivity index (χ4n) is 3.74. The third-order valence-electron chi connectivity index (χ3n) is 4.45. The molecule has 0 spiro atoms. The lowest BCUT2D eigenvalue weighted by molar-refractivity contribution is -0.130. The van der Waals surface area contributed by atoms with Crippen LogP contribution < -0.4 is 5.32 Å². The van der Waals surface area contributed by atoms with Gasteiger partial charge in [-0.2, -0.15) is 0 Å². The Balaban J connectivity index is 2.12. The quantitative estimate of drug-likeness (QED) is 0.556. The number of imide groups is 1. The number of nitrogens with one attached hydrogen (secondary N) is 1. The van der Waals surface area contributed by atoms with Crippen molar-refractivity contribution >= 4 is 11.8 Å². The van der Waals surface area contributed by atoms with Gasteiger partial charge in [0.25, 0.3) is 0 Å². The van der Waals surface area contributed by atoms with Crippen molar-refractivity contribution in [3.05, 3.63) is 0 Å². The molecule has 1 N–H and O–H groups in total. The predicted octanol–water partition coefficient (Wildman–Crippen LogP) is 0.695. The van der Waals surface area contributed by atoms with Gasteiger partial charge in [-0.3, -0.25) is 14.9 Å². The van der Waals surface area contributed by atoms with Crippen molar-refractivity contribution in [1.29, 1.82) is 0 Å². The summed E-state index contributed by atoms with van der Waals surface area (Å²) in [5.41, 5.74) is -0.347. The summed E-state index contributed by atoms with van der Waals surface area (Å²) in [7, 11) is 0. The Bertz CT molecular complexity index is 312. The van der Waals surface area contributed by atoms with Crippen LogP contribution in [0.5, 0.6) is 0 Å². The van der Waals surface area contributed by atoms with E-state index in [2.05, 4.69) is 5.32 Å². The minimum Gasteiger partial charge on any atom is -0.296 e. The van der Waals surface area contributed by atoms with Gasteiger partial charge in [-0.1, -0.05) is 0 Å². The van der Waals surface area contributed by atoms with Crippen LogP contribution in [-0.4, -0.2) is 11.8 Å². The van der Waals surface area contributed by atoms with Crippen LogP contribution in [0.2, 0.25) is 0 Å². The van der Waals surface area contributed by atoms with Crippen molar-refractivity contribution in [1.82, 2.24) is 5.32 Å². The van der Waals surface area contributed by atoms with E-state index in [0.717, 1.165) is 19.3 Å². The lowest BCUT2D eigenvalue weighted by Crippen LogP contribution is -2.37. The van der Waals surface area contributed by atoms with Crippen LogP contribution >= 0.6 is 0 Å². The van der Waals surface area contributed by atoms with Gasteiger partial charge < -0.3 is 0 Å². The van der Waals surface area contributed by atoms with Crippen molar-refractivity contribution in [2.75, 3.05) is 0 Å². The van der Waals surface area contributed by atoms with Gasteiger partial charge in [0.2, 0.25) is 11.8 Å². The molecule has 4 atom stereocenters. The summed E-state index contributed by atoms with van der Waals surface area (Å²) < 4.78 is 0. The highest BCUT2D eigenvalue weighted by molar-refractivity contribution is 6.08. The molecule has 3 rings (SSSR count). The van der Waals surface area contributed by atoms with E-state index >= 15 is 0 Å². The zero-order chi connectivity index (χ0) is 9.22. The molecule has 0 aromatic rings. The first-order valence-corrected chi connectivity index (χ1v) is 4.99. The van der Waals surface area contributed by atoms with Crippen LogP contribution in [-0.2, 0) is 9.59 Å². The minimum atomic E-state index is -0.347. The van der Waals surface area contributed by atoms with E-state index < -0.39 is 0 Å². The second-order valence-corrected chi connectivity index (χ2v) is 4.85. The van der Waals surface area contributed by atoms with E-state index in [1.54, 1.807) is 0 Å². The van der Waals surface area contributed by atoms with Crippen molar-refractivity contribution in [2.45, 2.75) is 26.2 Å². The molecule has 0 unspecified atom stereocenters. The van der Waals surface area contributed by atoms with Crippen molar-refractivity contribution < 1.29 is 9.59 Å². The zero-order valence-corrected chi connectivity index (χ0v) is 7.67. The summed E-state index contributed by atoms with van der Waals surface area (Å²) in [6.07, 6.45) is 3.38. The molecule has 2 aliphatic carbocycles. The zero-order valence-electron chi connectivity index (χ0n) is 7.67. The summed E-state index contributed by atoms with van der Waals surface area (Å²) >= 11 is 0. The highest BCUT2D eigenvalue weighted by atomic mass is 16.2. The maximum Gasteiger partial charge on any atom is 0.233 e. The number of carbonyl (C=O) groups is 2. The number of fused-ring (bicyclic) bond motifs is 5. The lowest BCUT2D eigenvalue weighted by atomic mass is 9.69. The number of hydrogen-bond acceptors (Lipinski definition) is 2. The predicted molar refractivity (Wildman–Crippen MR) is 45.6 cm³/mol. The fourth-order valence-corrected chi connectivity index (χ4v) is 3.74. The Kier molecular flexibility index (Phi) is 1.14. The lowest BCUT2D eigenvalue weighted by Gasteiger charge is -2.30. The molecule has 3 heteroatoms. The normalized spacial score (nSPS) is 52.5. The van der Waals surface area contributed by atoms with Gasteiger partial charge in [0.1, 0.15) is 0 Å². The molecule has 1 aliphatic heterocycles. The summed E-state index contributed by atoms with van der Waals surface area (Å²) in [6.45, 7) is 1.97. The van der Waals surface area contributed by atoms with E-state index in [1.165, 1.54) is 0 Å². The monoisotopic (exact) mass is 179 g/mol. The Morgan fingerprint density at radius 1 is 1.38 bits per heavy atom. The molecule has 13 heavy (non-hydrogen) atoms. The van der Waals surface area contributed by atoms with E-state index in [0.29, 0.717) is 11.8 Å². The molecule has 2 saturated carbocycles. The van der Waals surface area contributed by atoms with Crippen LogP contribution in [0, 0.1) is 23.2 Å². The topological polar surface area (TPSA) is 46.2 Å². The maximum atomic E-state index is 11.6. The number of rotatable bonds is 0. The van der Waals surface area contributed by atoms with Gasteiger partial charge in [0.15, 0.2) is 0 Å². The molecule has 3 aliphatic rings. The second-order valence-electron chi connectivity index (χ2n) is 4.85. The number of hydrogen-bond donors (Lipinski definition) is 1. The molecular weight excluding hydrogens is 166 g/mol. The smallest absolute Gasteiger partial charge is 0.233 e. The van der Waals surface area contributed by atoms with Crippen LogP contribution in [0.3, 0.4) is 0 Å². The highest BCUT2D eigenvalue weighted by Crippen LogP contribution is 2.61. The van der Waals surface area contributed by atoms with Gasteiger partial charge in [-0.25, -0.2) is 0 Å². The van der Waals surface area contributed by atoms with Crippen LogP contribution in [0.15, 0.2) is 0 Å². The summed E-state index contributed by atoms with van der Waals surface area (Å²) in [4.78, 5) is 23.2. The molecule has 3 fully saturated rings. The van der Waals surface area contributed by atoms with Gasteiger partial charge in [-0.15, -0.1) is 0 Å². The SMILES string of the molecule is C[C@@]12C(=O)NC(=O)[C@H]1[C@@H]1CC[C@H]2C1. The number of carbonyl (C=O) groups excluding carboxylic acids is 2. The largest absolute Gasteiger partial charge is 0.296 e. The van der Waals surface area contributed by atoms with Crippen molar-refractivity contribution in [2.24, 2.45) is 23.2 Å². The number of amides is 2. The molecule has 2 bridgehead atoms. The molecule has 0 radical (unpaired) electrons. The van der Waals surface area contributed by atoms with Crippen molar-refractivity contribution in [3.63, 3.8) is 0 Å². The Hall–Kier alpha value is -0.860. The van der Waals surface area contributed by atoms with E-state index in [1.807, 2.05) is 6.92 Å². The van der Waals surface area contributed by atoms with Crippen LogP contribution in [0.4, 0.5) is 0 Å². The average molecular weight is 179 g/mol. The molecule has 1 saturated heterocycles. The Morgan fingerprint density at radius 2 is 2.15 bits per heavy atom. The first kappa shape index (κ1) is 7.54. The summed E-state index contributed by atoms with van der Waals surface area (Å²) in [6, 6.07) is 0. The van der Waals surface area contributed by atoms with E-state index in [4.69, 9.17) is 0 Å². The van der Waals surface area contributed by atoms with Gasteiger partial charge in [0, 0.05) is 0 Å². The molecule has 2 amide bonds. The van der Waals surface area contributed by atoms with Crippen LogP contribution in [0.25, 0.3) is 0 Å². The standard InChI is InChI=1S/C10H13NO2/c1-10-6-3-2-5(4-6)7(10)8(12)11-9(10)13/h5-7H,2-4H2,1H3,(H,11,12,13)/t5-,6+,7-,10+/m1/s1. The average Bonchev–Trinajstić information content (AvgIpc) is 2.66. The van der Waals surface area contributed by atoms with E-state index in [9.17, 15) is 9.59 Å². The van der Waals surface area contributed by atoms with Gasteiger partial charge >= 0.3 is 0 Å². The minimum absolute atomic E-state index is 0.00116. The molecule has 70 valence electrons. The van der Waals surface area contributed by atoms with Gasteiger partial charge in [0.05, 0.1) is 11.3 Å². The molecule has 0 aromatic carbocycles. The Labute approximate surface area is 76.9 Å². The summed E-state index contributed by atoms with van der Waals surface area (Å²) in [5.74, 6) is 0.920. The molecular formula is C10H13NO2. The molecule has 1 heterocycles. The van der Waals surface area contributed by atoms with Crippen LogP contribution in [0.1, 0.15) is 26.2 Å². The molecule has 3 nitrogen and oxygen atoms in total. The second kappa shape index (κ2) is 1.97. The highest BCUT2D eigenvalue weighted by Gasteiger charge is 2.65. The first-order chi connectivity index (χ1) is 6.14. The third-order valence-corrected chi connectivity index (χ3v) is 4.45. The first-order valence-electron chi connectivity index (χ1n) is 4.99. The third kappa shape index (κ3) is 0.640. The Morgan fingerprint density at radius 3 is 2.85 bits per heavy atom. The van der Waals surface area contributed by atoms with Crippen molar-refractivity contribution in [3.8, 4) is 0 Å². The van der Waals surface area contributed by atoms with E-state index in [-0.39, 0.29) is 23.1 Å². The molecule has 0 aromatic heterocycles.